The first-order valence-corrected chi connectivity index (χ1v) is 5.46. The van der Waals surface area contributed by atoms with Gasteiger partial charge in [-0.3, -0.25) is 19.7 Å². The smallest absolute Gasteiger partial charge is 0.260 e. The van der Waals surface area contributed by atoms with Crippen molar-refractivity contribution in [2.75, 3.05) is 13.1 Å². The van der Waals surface area contributed by atoms with E-state index in [0.29, 0.717) is 0 Å². The van der Waals surface area contributed by atoms with Crippen LogP contribution in [0.4, 0.5) is 8.78 Å². The van der Waals surface area contributed by atoms with Gasteiger partial charge in [0.2, 0.25) is 11.8 Å². The summed E-state index contributed by atoms with van der Waals surface area (Å²) in [5.74, 6) is -4.38. The largest absolute Gasteiger partial charge is 0.320 e. The number of hydrogen-bond donors (Lipinski definition) is 1. The Bertz CT molecular complexity index is 571. The third-order valence-corrected chi connectivity index (χ3v) is 2.73. The molecule has 1 heterocycles. The number of carbonyl (C=O) groups excluding carboxylic acids is 3. The monoisotopic (exact) mass is 268 g/mol. The Morgan fingerprint density at radius 1 is 1.21 bits per heavy atom. The third-order valence-electron chi connectivity index (χ3n) is 2.73. The van der Waals surface area contributed by atoms with Crippen molar-refractivity contribution in [3.05, 3.63) is 34.9 Å². The lowest BCUT2D eigenvalue weighted by atomic mass is 10.1. The Labute approximate surface area is 107 Å². The van der Waals surface area contributed by atoms with Gasteiger partial charge in [0.05, 0.1) is 0 Å². The number of halogens is 2. The van der Waals surface area contributed by atoms with E-state index in [9.17, 15) is 23.2 Å². The van der Waals surface area contributed by atoms with Crippen LogP contribution in [0.25, 0.3) is 0 Å². The number of carbonyl (C=O) groups is 3. The number of hydrogen-bond acceptors (Lipinski definition) is 3. The molecule has 0 atom stereocenters. The Hall–Kier alpha value is -2.31. The van der Waals surface area contributed by atoms with Crippen LogP contribution in [-0.2, 0) is 9.59 Å². The van der Waals surface area contributed by atoms with Crippen LogP contribution in [0.2, 0.25) is 0 Å². The fourth-order valence-corrected chi connectivity index (χ4v) is 1.79. The predicted molar refractivity (Wildman–Crippen MR) is 60.1 cm³/mol. The zero-order valence-electron chi connectivity index (χ0n) is 10.00. The SMILES string of the molecule is Cc1ccc(F)c(C(=O)N2CC(=O)NC(=O)C2)c1F. The first-order valence-electron chi connectivity index (χ1n) is 5.46. The molecule has 7 heteroatoms. The van der Waals surface area contributed by atoms with Crippen LogP contribution < -0.4 is 5.32 Å². The van der Waals surface area contributed by atoms with E-state index in [4.69, 9.17) is 0 Å². The lowest BCUT2D eigenvalue weighted by Crippen LogP contribution is -2.53. The molecular weight excluding hydrogens is 258 g/mol. The van der Waals surface area contributed by atoms with Crippen molar-refractivity contribution in [1.29, 1.82) is 0 Å². The molecule has 1 aliphatic heterocycles. The first kappa shape index (κ1) is 13.1. The number of amides is 3. The summed E-state index contributed by atoms with van der Waals surface area (Å²) in [4.78, 5) is 35.1. The number of aryl methyl sites for hydroxylation is 1. The second-order valence-corrected chi connectivity index (χ2v) is 4.19. The molecule has 2 rings (SSSR count). The summed E-state index contributed by atoms with van der Waals surface area (Å²) in [6.07, 6.45) is 0. The van der Waals surface area contributed by atoms with E-state index in [1.54, 1.807) is 0 Å². The molecule has 1 aromatic rings. The zero-order chi connectivity index (χ0) is 14.2. The molecule has 0 spiro atoms. The molecule has 1 saturated heterocycles. The summed E-state index contributed by atoms with van der Waals surface area (Å²) >= 11 is 0. The third kappa shape index (κ3) is 2.44. The lowest BCUT2D eigenvalue weighted by Gasteiger charge is -2.25. The topological polar surface area (TPSA) is 66.5 Å². The molecule has 1 aromatic carbocycles. The van der Waals surface area contributed by atoms with Crippen molar-refractivity contribution >= 4 is 17.7 Å². The van der Waals surface area contributed by atoms with Crippen LogP contribution in [0, 0.1) is 18.6 Å². The summed E-state index contributed by atoms with van der Waals surface area (Å²) in [7, 11) is 0. The standard InChI is InChI=1S/C12H10F2N2O3/c1-6-2-3-7(13)10(11(6)14)12(19)16-4-8(17)15-9(18)5-16/h2-3H,4-5H2,1H3,(H,15,17,18). The quantitative estimate of drug-likeness (QED) is 0.748. The summed E-state index contributed by atoms with van der Waals surface area (Å²) in [6, 6.07) is 2.17. The minimum absolute atomic E-state index is 0.109. The molecule has 0 radical (unpaired) electrons. The number of rotatable bonds is 1. The van der Waals surface area contributed by atoms with Crippen LogP contribution in [0.3, 0.4) is 0 Å². The molecule has 0 bridgehead atoms. The molecule has 3 amide bonds. The number of piperazine rings is 1. The highest BCUT2D eigenvalue weighted by atomic mass is 19.1. The maximum Gasteiger partial charge on any atom is 0.260 e. The van der Waals surface area contributed by atoms with Crippen LogP contribution in [0.15, 0.2) is 12.1 Å². The molecule has 0 saturated carbocycles. The molecule has 0 aliphatic carbocycles. The minimum atomic E-state index is -1.02. The molecule has 1 aliphatic rings. The van der Waals surface area contributed by atoms with E-state index < -0.39 is 48.0 Å². The Kier molecular flexibility index (Phi) is 3.28. The van der Waals surface area contributed by atoms with Gasteiger partial charge in [0, 0.05) is 0 Å². The second-order valence-electron chi connectivity index (χ2n) is 4.19. The molecule has 5 nitrogen and oxygen atoms in total. The van der Waals surface area contributed by atoms with Crippen molar-refractivity contribution in [1.82, 2.24) is 10.2 Å². The van der Waals surface area contributed by atoms with Gasteiger partial charge in [-0.25, -0.2) is 8.78 Å². The van der Waals surface area contributed by atoms with E-state index in [0.717, 1.165) is 11.0 Å². The fraction of sp³-hybridized carbons (Fsp3) is 0.250. The Morgan fingerprint density at radius 3 is 2.37 bits per heavy atom. The lowest BCUT2D eigenvalue weighted by molar-refractivity contribution is -0.135. The molecule has 100 valence electrons. The van der Waals surface area contributed by atoms with E-state index in [-0.39, 0.29) is 5.56 Å². The summed E-state index contributed by atoms with van der Waals surface area (Å²) < 4.78 is 27.3. The summed E-state index contributed by atoms with van der Waals surface area (Å²) in [5, 5.41) is 2.00. The Balaban J connectivity index is 2.37. The maximum absolute atomic E-state index is 13.8. The van der Waals surface area contributed by atoms with Gasteiger partial charge in [0.1, 0.15) is 30.3 Å². The summed E-state index contributed by atoms with van der Waals surface area (Å²) in [5.41, 5.74) is -0.639. The second kappa shape index (κ2) is 4.75. The van der Waals surface area contributed by atoms with Crippen molar-refractivity contribution in [3.63, 3.8) is 0 Å². The average Bonchev–Trinajstić information content (AvgIpc) is 2.33. The predicted octanol–water partition coefficient (Wildman–Crippen LogP) is 0.372. The van der Waals surface area contributed by atoms with Gasteiger partial charge in [0.15, 0.2) is 0 Å². The number of imide groups is 1. The average molecular weight is 268 g/mol. The molecule has 1 N–H and O–H groups in total. The van der Waals surface area contributed by atoms with Gasteiger partial charge in [-0.2, -0.15) is 0 Å². The molecular formula is C12H10F2N2O3. The molecule has 0 aromatic heterocycles. The van der Waals surface area contributed by atoms with Crippen molar-refractivity contribution < 1.29 is 23.2 Å². The molecule has 0 unspecified atom stereocenters. The van der Waals surface area contributed by atoms with Crippen molar-refractivity contribution in [3.8, 4) is 0 Å². The highest BCUT2D eigenvalue weighted by molar-refractivity contribution is 6.05. The number of benzene rings is 1. The van der Waals surface area contributed by atoms with E-state index >= 15 is 0 Å². The highest BCUT2D eigenvalue weighted by Crippen LogP contribution is 2.18. The first-order chi connectivity index (χ1) is 8.90. The number of nitrogens with zero attached hydrogens (tertiary/aromatic N) is 1. The highest BCUT2D eigenvalue weighted by Gasteiger charge is 2.30. The van der Waals surface area contributed by atoms with Gasteiger partial charge < -0.3 is 4.90 Å². The maximum atomic E-state index is 13.8. The van der Waals surface area contributed by atoms with Gasteiger partial charge in [-0.1, -0.05) is 6.07 Å². The fourth-order valence-electron chi connectivity index (χ4n) is 1.79. The van der Waals surface area contributed by atoms with E-state index in [1.807, 2.05) is 5.32 Å². The molecule has 19 heavy (non-hydrogen) atoms. The van der Waals surface area contributed by atoms with Crippen LogP contribution in [-0.4, -0.2) is 35.7 Å². The zero-order valence-corrected chi connectivity index (χ0v) is 10.00. The van der Waals surface area contributed by atoms with Gasteiger partial charge in [-0.15, -0.1) is 0 Å². The van der Waals surface area contributed by atoms with E-state index in [1.165, 1.54) is 13.0 Å². The van der Waals surface area contributed by atoms with Gasteiger partial charge in [-0.05, 0) is 18.6 Å². The summed E-state index contributed by atoms with van der Waals surface area (Å²) in [6.45, 7) is 0.578. The van der Waals surface area contributed by atoms with Crippen molar-refractivity contribution in [2.45, 2.75) is 6.92 Å². The van der Waals surface area contributed by atoms with Crippen molar-refractivity contribution in [2.24, 2.45) is 0 Å². The van der Waals surface area contributed by atoms with Crippen LogP contribution >= 0.6 is 0 Å². The van der Waals surface area contributed by atoms with Crippen LogP contribution in [0.5, 0.6) is 0 Å². The van der Waals surface area contributed by atoms with Gasteiger partial charge >= 0.3 is 0 Å². The van der Waals surface area contributed by atoms with E-state index in [2.05, 4.69) is 0 Å². The minimum Gasteiger partial charge on any atom is -0.320 e. The normalized spacial score (nSPS) is 15.4. The van der Waals surface area contributed by atoms with Crippen LogP contribution in [0.1, 0.15) is 15.9 Å². The molecule has 1 fully saturated rings. The van der Waals surface area contributed by atoms with Gasteiger partial charge in [0.25, 0.3) is 5.91 Å². The Morgan fingerprint density at radius 2 is 1.79 bits per heavy atom. The number of nitrogens with one attached hydrogen (secondary N) is 1.